The molecule has 1 aromatic carbocycles. The summed E-state index contributed by atoms with van der Waals surface area (Å²) in [6, 6.07) is 3.39. The first-order valence-electron chi connectivity index (χ1n) is 5.46. The van der Waals surface area contributed by atoms with Crippen LogP contribution in [0.15, 0.2) is 17.8 Å². The van der Waals surface area contributed by atoms with Gasteiger partial charge in [0, 0.05) is 13.1 Å². The number of carbonyl (C=O) groups is 1. The molecule has 0 aliphatic carbocycles. The molecule has 0 aromatic heterocycles. The second kappa shape index (κ2) is 4.40. The van der Waals surface area contributed by atoms with Gasteiger partial charge in [-0.1, -0.05) is 11.6 Å². The zero-order valence-corrected chi connectivity index (χ0v) is 11.5. The largest absolute Gasteiger partial charge is 0.454 e. The molecule has 0 bridgehead atoms. The van der Waals surface area contributed by atoms with Crippen molar-refractivity contribution in [1.29, 1.82) is 0 Å². The Kier molecular flexibility index (Phi) is 2.83. The summed E-state index contributed by atoms with van der Waals surface area (Å²) in [7, 11) is 1.61. The summed E-state index contributed by atoms with van der Waals surface area (Å²) >= 11 is 11.1. The average Bonchev–Trinajstić information content (AvgIpc) is 2.91. The number of hydrogen-bond donors (Lipinski definition) is 1. The third-order valence-electron chi connectivity index (χ3n) is 2.87. The second-order valence-corrected chi connectivity index (χ2v) is 4.87. The van der Waals surface area contributed by atoms with Crippen LogP contribution in [0.2, 0.25) is 5.02 Å². The lowest BCUT2D eigenvalue weighted by molar-refractivity contribution is -0.121. The first kappa shape index (κ1) is 12.3. The molecule has 1 N–H and O–H groups in total. The highest BCUT2D eigenvalue weighted by molar-refractivity contribution is 7.80. The Hall–Kier alpha value is -1.79. The van der Waals surface area contributed by atoms with Crippen LogP contribution >= 0.6 is 23.8 Å². The maximum absolute atomic E-state index is 11.9. The molecule has 98 valence electrons. The van der Waals surface area contributed by atoms with Crippen LogP contribution in [0.5, 0.6) is 11.5 Å². The number of hydrogen-bond acceptors (Lipinski definition) is 4. The number of fused-ring (bicyclic) bond motifs is 1. The number of benzene rings is 1. The molecule has 0 unspecified atom stereocenters. The van der Waals surface area contributed by atoms with Crippen LogP contribution in [-0.4, -0.2) is 29.8 Å². The molecular formula is C12H9ClN2O3S. The first-order valence-corrected chi connectivity index (χ1v) is 6.25. The predicted octanol–water partition coefficient (Wildman–Crippen LogP) is 1.76. The van der Waals surface area contributed by atoms with E-state index in [-0.39, 0.29) is 12.7 Å². The first-order chi connectivity index (χ1) is 9.06. The fourth-order valence-electron chi connectivity index (χ4n) is 1.82. The van der Waals surface area contributed by atoms with Crippen molar-refractivity contribution in [3.05, 3.63) is 28.4 Å². The van der Waals surface area contributed by atoms with Gasteiger partial charge in [-0.3, -0.25) is 9.69 Å². The Morgan fingerprint density at radius 1 is 1.42 bits per heavy atom. The van der Waals surface area contributed by atoms with E-state index in [0.29, 0.717) is 32.9 Å². The monoisotopic (exact) mass is 296 g/mol. The lowest BCUT2D eigenvalue weighted by atomic mass is 10.1. The molecule has 1 amide bonds. The topological polar surface area (TPSA) is 50.8 Å². The zero-order chi connectivity index (χ0) is 13.6. The Bertz CT molecular complexity index is 630. The molecule has 1 saturated heterocycles. The fraction of sp³-hybridized carbons (Fsp3) is 0.167. The van der Waals surface area contributed by atoms with Crippen LogP contribution < -0.4 is 14.8 Å². The van der Waals surface area contributed by atoms with Gasteiger partial charge in [-0.2, -0.15) is 0 Å². The molecule has 0 saturated carbocycles. The molecule has 1 aromatic rings. The standard InChI is InChI=1S/C12H9ClN2O3S/c1-15-11(16)8(14-12(15)19)2-6-3-9-10(4-7(6)13)18-5-17-9/h2-4H,5H2,1H3,(H,14,19)/b8-2-. The molecule has 19 heavy (non-hydrogen) atoms. The molecule has 7 heteroatoms. The summed E-state index contributed by atoms with van der Waals surface area (Å²) < 4.78 is 10.5. The molecule has 1 fully saturated rings. The van der Waals surface area contributed by atoms with E-state index in [0.717, 1.165) is 0 Å². The Morgan fingerprint density at radius 3 is 2.74 bits per heavy atom. The van der Waals surface area contributed by atoms with Crippen molar-refractivity contribution >= 4 is 40.9 Å². The summed E-state index contributed by atoms with van der Waals surface area (Å²) in [6.07, 6.45) is 1.64. The highest BCUT2D eigenvalue weighted by Crippen LogP contribution is 2.37. The van der Waals surface area contributed by atoms with Crippen LogP contribution in [-0.2, 0) is 4.79 Å². The van der Waals surface area contributed by atoms with Crippen LogP contribution in [0.3, 0.4) is 0 Å². The Morgan fingerprint density at radius 2 is 2.11 bits per heavy atom. The van der Waals surface area contributed by atoms with Crippen molar-refractivity contribution < 1.29 is 14.3 Å². The van der Waals surface area contributed by atoms with Crippen molar-refractivity contribution in [1.82, 2.24) is 10.2 Å². The van der Waals surface area contributed by atoms with Crippen molar-refractivity contribution in [2.45, 2.75) is 0 Å². The number of carbonyl (C=O) groups excluding carboxylic acids is 1. The van der Waals surface area contributed by atoms with E-state index in [4.69, 9.17) is 33.3 Å². The molecule has 0 radical (unpaired) electrons. The number of thiocarbonyl (C=S) groups is 1. The summed E-state index contributed by atoms with van der Waals surface area (Å²) in [5.74, 6) is 1.02. The van der Waals surface area contributed by atoms with Crippen LogP contribution in [0, 0.1) is 0 Å². The minimum Gasteiger partial charge on any atom is -0.454 e. The number of rotatable bonds is 1. The quantitative estimate of drug-likeness (QED) is 0.632. The minimum atomic E-state index is -0.196. The number of nitrogens with one attached hydrogen (secondary N) is 1. The van der Waals surface area contributed by atoms with Crippen molar-refractivity contribution in [2.75, 3.05) is 13.8 Å². The maximum atomic E-state index is 11.9. The van der Waals surface area contributed by atoms with Gasteiger partial charge in [0.05, 0.1) is 5.02 Å². The number of nitrogens with zero attached hydrogens (tertiary/aromatic N) is 1. The van der Waals surface area contributed by atoms with Crippen molar-refractivity contribution in [2.24, 2.45) is 0 Å². The fourth-order valence-corrected chi connectivity index (χ4v) is 2.22. The maximum Gasteiger partial charge on any atom is 0.276 e. The van der Waals surface area contributed by atoms with Gasteiger partial charge in [0.15, 0.2) is 16.6 Å². The van der Waals surface area contributed by atoms with Gasteiger partial charge in [0.1, 0.15) is 5.70 Å². The third-order valence-corrected chi connectivity index (χ3v) is 3.58. The van der Waals surface area contributed by atoms with Gasteiger partial charge in [-0.15, -0.1) is 0 Å². The van der Waals surface area contributed by atoms with Gasteiger partial charge < -0.3 is 14.8 Å². The minimum absolute atomic E-state index is 0.176. The number of likely N-dealkylation sites (N-methyl/N-ethyl adjacent to an activating group) is 1. The second-order valence-electron chi connectivity index (χ2n) is 4.08. The van der Waals surface area contributed by atoms with E-state index in [1.807, 2.05) is 0 Å². The van der Waals surface area contributed by atoms with E-state index in [1.165, 1.54) is 4.90 Å². The summed E-state index contributed by atoms with van der Waals surface area (Å²) in [6.45, 7) is 0.176. The summed E-state index contributed by atoms with van der Waals surface area (Å²) in [5.41, 5.74) is 1.05. The van der Waals surface area contributed by atoms with E-state index >= 15 is 0 Å². The van der Waals surface area contributed by atoms with Gasteiger partial charge in [0.25, 0.3) is 5.91 Å². The lowest BCUT2D eigenvalue weighted by Crippen LogP contribution is -2.25. The van der Waals surface area contributed by atoms with E-state index in [1.54, 1.807) is 25.3 Å². The van der Waals surface area contributed by atoms with Gasteiger partial charge in [-0.05, 0) is 29.9 Å². The van der Waals surface area contributed by atoms with E-state index in [2.05, 4.69) is 5.32 Å². The molecule has 2 heterocycles. The smallest absolute Gasteiger partial charge is 0.276 e. The average molecular weight is 297 g/mol. The van der Waals surface area contributed by atoms with E-state index in [9.17, 15) is 4.79 Å². The molecule has 2 aliphatic heterocycles. The van der Waals surface area contributed by atoms with Crippen LogP contribution in [0.4, 0.5) is 0 Å². The van der Waals surface area contributed by atoms with Gasteiger partial charge in [0.2, 0.25) is 6.79 Å². The summed E-state index contributed by atoms with van der Waals surface area (Å²) in [4.78, 5) is 13.2. The van der Waals surface area contributed by atoms with Crippen LogP contribution in [0.25, 0.3) is 6.08 Å². The summed E-state index contributed by atoms with van der Waals surface area (Å²) in [5, 5.41) is 3.68. The van der Waals surface area contributed by atoms with E-state index < -0.39 is 0 Å². The zero-order valence-electron chi connectivity index (χ0n) is 9.90. The SMILES string of the molecule is CN1C(=O)/C(=C/c2cc3c(cc2Cl)OCO3)NC1=S. The van der Waals surface area contributed by atoms with Crippen molar-refractivity contribution in [3.63, 3.8) is 0 Å². The Balaban J connectivity index is 2.00. The van der Waals surface area contributed by atoms with Crippen LogP contribution in [0.1, 0.15) is 5.56 Å². The third kappa shape index (κ3) is 2.02. The van der Waals surface area contributed by atoms with Gasteiger partial charge in [-0.25, -0.2) is 0 Å². The molecule has 2 aliphatic rings. The number of amides is 1. The predicted molar refractivity (Wildman–Crippen MR) is 74.1 cm³/mol. The molecule has 5 nitrogen and oxygen atoms in total. The molecule has 3 rings (SSSR count). The highest BCUT2D eigenvalue weighted by atomic mass is 35.5. The van der Waals surface area contributed by atoms with Crippen molar-refractivity contribution in [3.8, 4) is 11.5 Å². The highest BCUT2D eigenvalue weighted by Gasteiger charge is 2.27. The molecule has 0 atom stereocenters. The normalized spacial score (nSPS) is 19.3. The Labute approximate surface area is 119 Å². The number of ether oxygens (including phenoxy) is 2. The van der Waals surface area contributed by atoms with Gasteiger partial charge >= 0.3 is 0 Å². The molecule has 0 spiro atoms. The number of halogens is 1. The molecular weight excluding hydrogens is 288 g/mol. The lowest BCUT2D eigenvalue weighted by Gasteiger charge is -2.03.